The van der Waals surface area contributed by atoms with Crippen LogP contribution in [0.25, 0.3) is 0 Å². The topological polar surface area (TPSA) is 185 Å². The average Bonchev–Trinajstić information content (AvgIpc) is 3.13. The lowest BCUT2D eigenvalue weighted by molar-refractivity contribution is -0.150. The second-order valence-electron chi connectivity index (χ2n) is 6.15. The predicted molar refractivity (Wildman–Crippen MR) is 116 cm³/mol. The van der Waals surface area contributed by atoms with Gasteiger partial charge in [-0.25, -0.2) is 14.6 Å². The van der Waals surface area contributed by atoms with Crippen LogP contribution >= 0.6 is 46.3 Å². The maximum Gasteiger partial charge on any atom is 0.352 e. The number of anilines is 1. The summed E-state index contributed by atoms with van der Waals surface area (Å²) in [5.74, 6) is -4.04. The van der Waals surface area contributed by atoms with Gasteiger partial charge >= 0.3 is 11.9 Å². The van der Waals surface area contributed by atoms with Crippen LogP contribution in [-0.4, -0.2) is 73.3 Å². The number of carbonyl (C=O) groups excluding carboxylic acids is 2. The number of hydrogen-bond acceptors (Lipinski definition) is 10. The van der Waals surface area contributed by atoms with E-state index in [1.54, 1.807) is 0 Å². The Morgan fingerprint density at radius 1 is 1.41 bits per heavy atom. The molecule has 5 N–H and O–H groups in total. The van der Waals surface area contributed by atoms with E-state index in [2.05, 4.69) is 20.3 Å². The van der Waals surface area contributed by atoms with E-state index in [1.165, 1.54) is 23.2 Å². The molecule has 2 atom stereocenters. The second-order valence-corrected chi connectivity index (χ2v) is 9.15. The molecule has 0 bridgehead atoms. The minimum absolute atomic E-state index is 0.0191. The number of oxime groups is 1. The van der Waals surface area contributed by atoms with Crippen molar-refractivity contribution < 1.29 is 34.2 Å². The van der Waals surface area contributed by atoms with E-state index in [0.717, 1.165) is 16.2 Å². The van der Waals surface area contributed by atoms with Crippen LogP contribution in [0.1, 0.15) is 5.69 Å². The van der Waals surface area contributed by atoms with Crippen LogP contribution in [0, 0.1) is 0 Å². The van der Waals surface area contributed by atoms with Crippen LogP contribution in [0.5, 0.6) is 0 Å². The molecule has 2 aliphatic heterocycles. The predicted octanol–water partition coefficient (Wildman–Crippen LogP) is 0.588. The van der Waals surface area contributed by atoms with Gasteiger partial charge in [0.2, 0.25) is 6.61 Å². The summed E-state index contributed by atoms with van der Waals surface area (Å²) in [6, 6.07) is -1.07. The number of nitrogen functional groups attached to an aromatic ring is 1. The van der Waals surface area contributed by atoms with E-state index in [1.807, 2.05) is 0 Å². The number of carboxylic acid groups (broad SMARTS) is 2. The number of allylic oxidation sites excluding steroid dienone is 1. The molecule has 170 valence electrons. The maximum atomic E-state index is 12.8. The lowest BCUT2D eigenvalue weighted by atomic mass is 10.0. The molecule has 1 aromatic heterocycles. The van der Waals surface area contributed by atoms with E-state index >= 15 is 0 Å². The second kappa shape index (κ2) is 9.77. The van der Waals surface area contributed by atoms with Crippen molar-refractivity contribution in [2.24, 2.45) is 5.16 Å². The van der Waals surface area contributed by atoms with Gasteiger partial charge in [-0.1, -0.05) is 28.4 Å². The Bertz CT molecular complexity index is 1080. The van der Waals surface area contributed by atoms with Gasteiger partial charge in [-0.3, -0.25) is 14.5 Å². The molecule has 16 heteroatoms. The van der Waals surface area contributed by atoms with E-state index in [4.69, 9.17) is 34.0 Å². The fourth-order valence-electron chi connectivity index (χ4n) is 2.85. The number of halogens is 2. The molecule has 2 amide bonds. The molecule has 3 rings (SSSR count). The molecule has 0 radical (unpaired) electrons. The number of fused-ring (bicyclic) bond motifs is 1. The number of carboxylic acids is 2. The highest BCUT2D eigenvalue weighted by atomic mass is 35.5. The Labute approximate surface area is 197 Å². The average molecular weight is 522 g/mol. The SMILES string of the molecule is Nc1nc(C(=NOCC(=O)O)C(=O)NC2C(=O)N3C(C(=O)O)=C(C=C(Cl)Cl)CS[C@H]23)cs1. The molecule has 0 aliphatic carbocycles. The molecule has 2 aliphatic rings. The zero-order chi connectivity index (χ0) is 23.6. The van der Waals surface area contributed by atoms with Crippen molar-refractivity contribution in [3.63, 3.8) is 0 Å². The number of nitrogens with zero attached hydrogens (tertiary/aromatic N) is 3. The first kappa shape index (κ1) is 23.8. The van der Waals surface area contributed by atoms with E-state index < -0.39 is 47.5 Å². The molecular formula is C16H13Cl2N5O7S2. The molecule has 1 saturated heterocycles. The van der Waals surface area contributed by atoms with Gasteiger partial charge in [0.1, 0.15) is 27.3 Å². The third-order valence-electron chi connectivity index (χ3n) is 4.09. The van der Waals surface area contributed by atoms with Gasteiger partial charge in [0.25, 0.3) is 11.8 Å². The van der Waals surface area contributed by atoms with Crippen LogP contribution in [-0.2, 0) is 24.0 Å². The molecule has 3 heterocycles. The number of rotatable bonds is 8. The molecule has 0 saturated carbocycles. The summed E-state index contributed by atoms with van der Waals surface area (Å²) in [5.41, 5.74) is 5.16. The van der Waals surface area contributed by atoms with Crippen LogP contribution in [0.3, 0.4) is 0 Å². The summed E-state index contributed by atoms with van der Waals surface area (Å²) < 4.78 is -0.166. The van der Waals surface area contributed by atoms with Crippen molar-refractivity contribution in [2.75, 3.05) is 18.1 Å². The Morgan fingerprint density at radius 2 is 2.12 bits per heavy atom. The first-order chi connectivity index (χ1) is 15.1. The monoisotopic (exact) mass is 521 g/mol. The Kier molecular flexibility index (Phi) is 7.28. The molecule has 1 unspecified atom stereocenters. The smallest absolute Gasteiger partial charge is 0.352 e. The van der Waals surface area contributed by atoms with Gasteiger partial charge in [0.15, 0.2) is 10.8 Å². The van der Waals surface area contributed by atoms with E-state index in [-0.39, 0.29) is 32.3 Å². The van der Waals surface area contributed by atoms with Crippen LogP contribution in [0.15, 0.2) is 32.4 Å². The van der Waals surface area contributed by atoms with Crippen LogP contribution < -0.4 is 11.1 Å². The van der Waals surface area contributed by atoms with Crippen molar-refractivity contribution in [1.82, 2.24) is 15.2 Å². The number of thiazole rings is 1. The Balaban J connectivity index is 1.81. The summed E-state index contributed by atoms with van der Waals surface area (Å²) in [6.07, 6.45) is 1.24. The number of amides is 2. The van der Waals surface area contributed by atoms with Gasteiger partial charge in [0.05, 0.1) is 0 Å². The van der Waals surface area contributed by atoms with E-state index in [9.17, 15) is 24.3 Å². The van der Waals surface area contributed by atoms with Crippen molar-refractivity contribution >= 4 is 80.9 Å². The normalized spacial score (nSPS) is 20.2. The van der Waals surface area contributed by atoms with Crippen molar-refractivity contribution in [1.29, 1.82) is 0 Å². The lowest BCUT2D eigenvalue weighted by Gasteiger charge is -2.49. The summed E-state index contributed by atoms with van der Waals surface area (Å²) in [5, 5.41) is 25.0. The Morgan fingerprint density at radius 3 is 2.69 bits per heavy atom. The molecular weight excluding hydrogens is 509 g/mol. The standard InChI is InChI=1S/C16H13Cl2N5O7S2/c17-7(18)1-5-3-31-14-10(13(27)23(14)11(5)15(28)29)21-12(26)9(22-30-2-8(24)25)6-4-32-16(19)20-6/h1,4,10,14H,2-3H2,(H2,19,20)(H,21,26)(H,24,25)(H,28,29)/t10?,14-/m1/s1. The van der Waals surface area contributed by atoms with Gasteiger partial charge in [-0.2, -0.15) is 0 Å². The molecule has 0 aromatic carbocycles. The lowest BCUT2D eigenvalue weighted by Crippen LogP contribution is -2.71. The number of nitrogens with one attached hydrogen (secondary N) is 1. The Hall–Kier alpha value is -2.81. The number of carbonyl (C=O) groups is 4. The van der Waals surface area contributed by atoms with Gasteiger partial charge in [0, 0.05) is 11.1 Å². The summed E-state index contributed by atoms with van der Waals surface area (Å²) >= 11 is 13.5. The number of hydrogen-bond donors (Lipinski definition) is 4. The molecule has 1 fully saturated rings. The number of thioether (sulfide) groups is 1. The van der Waals surface area contributed by atoms with Crippen molar-refractivity contribution in [3.05, 3.63) is 32.9 Å². The van der Waals surface area contributed by atoms with Crippen molar-refractivity contribution in [3.8, 4) is 0 Å². The number of β-lactam (4-membered cyclic amide) rings is 1. The third kappa shape index (κ3) is 4.98. The minimum atomic E-state index is -1.35. The molecule has 1 aromatic rings. The first-order valence-electron chi connectivity index (χ1n) is 8.48. The fraction of sp³-hybridized carbons (Fsp3) is 0.250. The van der Waals surface area contributed by atoms with Crippen LogP contribution in [0.4, 0.5) is 5.13 Å². The first-order valence-corrected chi connectivity index (χ1v) is 11.2. The van der Waals surface area contributed by atoms with Crippen molar-refractivity contribution in [2.45, 2.75) is 11.4 Å². The summed E-state index contributed by atoms with van der Waals surface area (Å²) in [4.78, 5) is 57.4. The zero-order valence-corrected chi connectivity index (χ0v) is 18.8. The quantitative estimate of drug-likeness (QED) is 0.214. The minimum Gasteiger partial charge on any atom is -0.479 e. The zero-order valence-electron chi connectivity index (χ0n) is 15.7. The molecule has 0 spiro atoms. The largest absolute Gasteiger partial charge is 0.479 e. The maximum absolute atomic E-state index is 12.8. The highest BCUT2D eigenvalue weighted by molar-refractivity contribution is 8.00. The number of aliphatic carboxylic acids is 2. The number of nitrogens with two attached hydrogens (primary N) is 1. The van der Waals surface area contributed by atoms with Gasteiger partial charge in [-0.15, -0.1) is 23.1 Å². The van der Waals surface area contributed by atoms with Crippen LogP contribution in [0.2, 0.25) is 0 Å². The van der Waals surface area contributed by atoms with Gasteiger partial charge < -0.3 is 26.1 Å². The highest BCUT2D eigenvalue weighted by Crippen LogP contribution is 2.41. The number of aromatic nitrogens is 1. The summed E-state index contributed by atoms with van der Waals surface area (Å²) in [7, 11) is 0. The fourth-order valence-corrected chi connectivity index (χ4v) is 4.97. The summed E-state index contributed by atoms with van der Waals surface area (Å²) in [6.45, 7) is -0.808. The molecule has 32 heavy (non-hydrogen) atoms. The van der Waals surface area contributed by atoms with E-state index in [0.29, 0.717) is 0 Å². The molecule has 12 nitrogen and oxygen atoms in total. The third-order valence-corrected chi connectivity index (χ3v) is 6.29. The van der Waals surface area contributed by atoms with Gasteiger partial charge in [-0.05, 0) is 11.6 Å². The highest BCUT2D eigenvalue weighted by Gasteiger charge is 2.54.